The highest BCUT2D eigenvalue weighted by molar-refractivity contribution is 6.30. The molecule has 1 amide bonds. The number of anilines is 1. The van der Waals surface area contributed by atoms with Gasteiger partial charge in [0.05, 0.1) is 13.2 Å². The summed E-state index contributed by atoms with van der Waals surface area (Å²) >= 11 is 6.38. The topological polar surface area (TPSA) is 65.9 Å². The number of nitrogens with zero attached hydrogens (tertiary/aromatic N) is 3. The summed E-state index contributed by atoms with van der Waals surface area (Å²) in [7, 11) is 1.61. The third kappa shape index (κ3) is 3.41. The van der Waals surface area contributed by atoms with E-state index in [0.717, 1.165) is 43.6 Å². The molecule has 1 saturated heterocycles. The van der Waals surface area contributed by atoms with E-state index in [1.807, 2.05) is 24.3 Å². The fourth-order valence-corrected chi connectivity index (χ4v) is 4.45. The number of pyridine rings is 1. The summed E-state index contributed by atoms with van der Waals surface area (Å²) in [5, 5.41) is 10.2. The van der Waals surface area contributed by atoms with Crippen LogP contribution in [0, 0.1) is 0 Å². The smallest absolute Gasteiger partial charge is 0.407 e. The van der Waals surface area contributed by atoms with Crippen molar-refractivity contribution in [1.82, 2.24) is 9.88 Å². The van der Waals surface area contributed by atoms with Gasteiger partial charge in [0.25, 0.3) is 0 Å². The van der Waals surface area contributed by atoms with E-state index in [9.17, 15) is 9.90 Å². The number of halogens is 1. The summed E-state index contributed by atoms with van der Waals surface area (Å²) in [5.41, 5.74) is 4.50. The standard InChI is InChI=1S/C20H22ClN3O3/c1-27-19-11-15(4-6-22-19)23-8-5-13-9-14(21)10-16(17(13)12-23)18-3-2-7-24(18)20(25)26/h4,6,9-11,18H,2-3,5,7-8,12H2,1H3,(H,25,26). The summed E-state index contributed by atoms with van der Waals surface area (Å²) in [6.45, 7) is 2.17. The lowest BCUT2D eigenvalue weighted by molar-refractivity contribution is 0.140. The fourth-order valence-electron chi connectivity index (χ4n) is 4.20. The zero-order valence-electron chi connectivity index (χ0n) is 15.2. The summed E-state index contributed by atoms with van der Waals surface area (Å²) in [4.78, 5) is 19.7. The zero-order chi connectivity index (χ0) is 19.0. The fraction of sp³-hybridized carbons (Fsp3) is 0.400. The number of ether oxygens (including phenoxy) is 1. The van der Waals surface area contributed by atoms with Gasteiger partial charge in [-0.3, -0.25) is 0 Å². The highest BCUT2D eigenvalue weighted by Gasteiger charge is 2.33. The van der Waals surface area contributed by atoms with Gasteiger partial charge in [0.15, 0.2) is 0 Å². The molecule has 0 spiro atoms. The van der Waals surface area contributed by atoms with Crippen LogP contribution in [0.1, 0.15) is 35.6 Å². The van der Waals surface area contributed by atoms with E-state index in [4.69, 9.17) is 16.3 Å². The molecule has 1 fully saturated rings. The summed E-state index contributed by atoms with van der Waals surface area (Å²) in [6.07, 6.45) is 3.46. The predicted octanol–water partition coefficient (Wildman–Crippen LogP) is 4.12. The average Bonchev–Trinajstić information content (AvgIpc) is 3.17. The van der Waals surface area contributed by atoms with Crippen molar-refractivity contribution in [1.29, 1.82) is 0 Å². The molecular formula is C20H22ClN3O3. The van der Waals surface area contributed by atoms with Crippen LogP contribution in [-0.2, 0) is 13.0 Å². The molecule has 1 aromatic heterocycles. The molecule has 1 atom stereocenters. The van der Waals surface area contributed by atoms with Gasteiger partial charge in [-0.1, -0.05) is 11.6 Å². The SMILES string of the molecule is COc1cc(N2CCc3cc(Cl)cc(C4CCCN4C(=O)O)c3C2)ccn1. The van der Waals surface area contributed by atoms with Gasteiger partial charge in [-0.25, -0.2) is 9.78 Å². The quantitative estimate of drug-likeness (QED) is 0.858. The van der Waals surface area contributed by atoms with E-state index < -0.39 is 6.09 Å². The van der Waals surface area contributed by atoms with Gasteiger partial charge in [-0.2, -0.15) is 0 Å². The van der Waals surface area contributed by atoms with Crippen molar-refractivity contribution < 1.29 is 14.6 Å². The van der Waals surface area contributed by atoms with Gasteiger partial charge in [0.2, 0.25) is 5.88 Å². The molecule has 0 bridgehead atoms. The van der Waals surface area contributed by atoms with Crippen LogP contribution in [0.4, 0.5) is 10.5 Å². The number of hydrogen-bond acceptors (Lipinski definition) is 4. The van der Waals surface area contributed by atoms with Crippen molar-refractivity contribution in [3.05, 3.63) is 52.2 Å². The lowest BCUT2D eigenvalue weighted by Gasteiger charge is -2.34. The van der Waals surface area contributed by atoms with Gasteiger partial charge in [-0.05, 0) is 54.2 Å². The Kier molecular flexibility index (Phi) is 4.83. The number of hydrogen-bond donors (Lipinski definition) is 1. The van der Waals surface area contributed by atoms with Crippen LogP contribution in [-0.4, -0.2) is 41.3 Å². The van der Waals surface area contributed by atoms with Crippen molar-refractivity contribution in [2.75, 3.05) is 25.1 Å². The Morgan fingerprint density at radius 1 is 1.33 bits per heavy atom. The Morgan fingerprint density at radius 3 is 2.96 bits per heavy atom. The summed E-state index contributed by atoms with van der Waals surface area (Å²) in [6, 6.07) is 7.75. The van der Waals surface area contributed by atoms with Gasteiger partial charge in [0, 0.05) is 42.6 Å². The first-order valence-electron chi connectivity index (χ1n) is 9.12. The molecule has 1 N–H and O–H groups in total. The number of benzene rings is 1. The number of methoxy groups -OCH3 is 1. The minimum atomic E-state index is -0.863. The molecule has 2 aliphatic rings. The number of carboxylic acid groups (broad SMARTS) is 1. The Labute approximate surface area is 163 Å². The van der Waals surface area contributed by atoms with Crippen LogP contribution in [0.25, 0.3) is 0 Å². The monoisotopic (exact) mass is 387 g/mol. The maximum atomic E-state index is 11.7. The van der Waals surface area contributed by atoms with Crippen molar-refractivity contribution in [2.45, 2.75) is 31.8 Å². The van der Waals surface area contributed by atoms with Crippen molar-refractivity contribution >= 4 is 23.4 Å². The number of aromatic nitrogens is 1. The molecule has 0 radical (unpaired) electrons. The molecule has 0 aliphatic carbocycles. The number of likely N-dealkylation sites (tertiary alicyclic amines) is 1. The number of fused-ring (bicyclic) bond motifs is 1. The molecule has 3 heterocycles. The average molecular weight is 388 g/mol. The minimum Gasteiger partial charge on any atom is -0.481 e. The second kappa shape index (κ2) is 7.27. The zero-order valence-corrected chi connectivity index (χ0v) is 15.9. The van der Waals surface area contributed by atoms with E-state index in [1.165, 1.54) is 11.1 Å². The Balaban J connectivity index is 1.70. The molecule has 0 saturated carbocycles. The van der Waals surface area contributed by atoms with Crippen molar-refractivity contribution in [3.63, 3.8) is 0 Å². The third-order valence-corrected chi connectivity index (χ3v) is 5.71. The van der Waals surface area contributed by atoms with E-state index >= 15 is 0 Å². The van der Waals surface area contributed by atoms with Gasteiger partial charge in [0.1, 0.15) is 0 Å². The third-order valence-electron chi connectivity index (χ3n) is 5.49. The van der Waals surface area contributed by atoms with Crippen LogP contribution >= 0.6 is 11.6 Å². The first-order valence-corrected chi connectivity index (χ1v) is 9.50. The first kappa shape index (κ1) is 17.9. The Hall–Kier alpha value is -2.47. The number of amides is 1. The van der Waals surface area contributed by atoms with Crippen molar-refractivity contribution in [3.8, 4) is 5.88 Å². The molecule has 7 heteroatoms. The van der Waals surface area contributed by atoms with E-state index in [1.54, 1.807) is 18.2 Å². The first-order chi connectivity index (χ1) is 13.1. The van der Waals surface area contributed by atoms with Crippen LogP contribution in [0.3, 0.4) is 0 Å². The van der Waals surface area contributed by atoms with Crippen LogP contribution in [0.15, 0.2) is 30.5 Å². The lowest BCUT2D eigenvalue weighted by atomic mass is 9.90. The van der Waals surface area contributed by atoms with Crippen LogP contribution in [0.5, 0.6) is 5.88 Å². The van der Waals surface area contributed by atoms with Crippen LogP contribution < -0.4 is 9.64 Å². The van der Waals surface area contributed by atoms with E-state index in [0.29, 0.717) is 17.4 Å². The normalized spacial score (nSPS) is 19.1. The Bertz CT molecular complexity index is 874. The molecule has 2 aromatic rings. The predicted molar refractivity (Wildman–Crippen MR) is 104 cm³/mol. The summed E-state index contributed by atoms with van der Waals surface area (Å²) in [5.74, 6) is 0.586. The van der Waals surface area contributed by atoms with Gasteiger partial charge in [-0.15, -0.1) is 0 Å². The molecule has 1 unspecified atom stereocenters. The summed E-state index contributed by atoms with van der Waals surface area (Å²) < 4.78 is 5.25. The lowest BCUT2D eigenvalue weighted by Crippen LogP contribution is -2.34. The molecular weight excluding hydrogens is 366 g/mol. The molecule has 2 aliphatic heterocycles. The largest absolute Gasteiger partial charge is 0.481 e. The number of carbonyl (C=O) groups is 1. The maximum Gasteiger partial charge on any atom is 0.407 e. The highest BCUT2D eigenvalue weighted by Crippen LogP contribution is 2.39. The van der Waals surface area contributed by atoms with Crippen molar-refractivity contribution in [2.24, 2.45) is 0 Å². The highest BCUT2D eigenvalue weighted by atomic mass is 35.5. The molecule has 1 aromatic carbocycles. The number of rotatable bonds is 3. The molecule has 6 nitrogen and oxygen atoms in total. The van der Waals surface area contributed by atoms with Crippen LogP contribution in [0.2, 0.25) is 5.02 Å². The van der Waals surface area contributed by atoms with E-state index in [2.05, 4.69) is 9.88 Å². The Morgan fingerprint density at radius 2 is 2.19 bits per heavy atom. The second-order valence-electron chi connectivity index (χ2n) is 6.99. The van der Waals surface area contributed by atoms with Gasteiger partial charge >= 0.3 is 6.09 Å². The second-order valence-corrected chi connectivity index (χ2v) is 7.43. The van der Waals surface area contributed by atoms with E-state index in [-0.39, 0.29) is 6.04 Å². The van der Waals surface area contributed by atoms with Gasteiger partial charge < -0.3 is 19.6 Å². The molecule has 142 valence electrons. The maximum absolute atomic E-state index is 11.7. The molecule has 27 heavy (non-hydrogen) atoms. The minimum absolute atomic E-state index is 0.123. The molecule has 4 rings (SSSR count).